The van der Waals surface area contributed by atoms with E-state index in [1.54, 1.807) is 47.4 Å². The van der Waals surface area contributed by atoms with Crippen LogP contribution in [0.5, 0.6) is 11.5 Å². The molecule has 2 aliphatic heterocycles. The Morgan fingerprint density at radius 1 is 1.11 bits per heavy atom. The zero-order valence-corrected chi connectivity index (χ0v) is 20.0. The lowest BCUT2D eigenvalue weighted by molar-refractivity contribution is -0.139. The summed E-state index contributed by atoms with van der Waals surface area (Å²) in [6.07, 6.45) is 1.58. The molecule has 4 rings (SSSR count). The van der Waals surface area contributed by atoms with Gasteiger partial charge in [0.2, 0.25) is 5.91 Å². The van der Waals surface area contributed by atoms with E-state index in [1.165, 1.54) is 6.07 Å². The van der Waals surface area contributed by atoms with Gasteiger partial charge in [-0.25, -0.2) is 4.39 Å². The second kappa shape index (κ2) is 11.4. The smallest absolute Gasteiger partial charge is 0.294 e. The van der Waals surface area contributed by atoms with Gasteiger partial charge in [0, 0.05) is 18.7 Å². The first kappa shape index (κ1) is 24.7. The molecule has 0 bridgehead atoms. The van der Waals surface area contributed by atoms with Gasteiger partial charge in [0.1, 0.15) is 19.0 Å². The molecule has 0 N–H and O–H groups in total. The molecule has 2 heterocycles. The second-order valence-corrected chi connectivity index (χ2v) is 8.77. The van der Waals surface area contributed by atoms with Gasteiger partial charge in [0.05, 0.1) is 24.7 Å². The number of carbonyl (C=O) groups is 3. The summed E-state index contributed by atoms with van der Waals surface area (Å²) in [6, 6.07) is 11.4. The maximum Gasteiger partial charge on any atom is 0.294 e. The van der Waals surface area contributed by atoms with Crippen LogP contribution in [0, 0.1) is 5.82 Å². The van der Waals surface area contributed by atoms with Gasteiger partial charge in [0.15, 0.2) is 11.5 Å². The molecule has 2 saturated heterocycles. The summed E-state index contributed by atoms with van der Waals surface area (Å²) in [4.78, 5) is 40.5. The summed E-state index contributed by atoms with van der Waals surface area (Å²) >= 11 is 0.787. The van der Waals surface area contributed by atoms with Gasteiger partial charge in [-0.15, -0.1) is 0 Å². The van der Waals surface area contributed by atoms with Crippen molar-refractivity contribution >= 4 is 34.9 Å². The number of nitrogens with zero attached hydrogens (tertiary/aromatic N) is 2. The normalized spacial score (nSPS) is 17.3. The number of thioether (sulfide) groups is 1. The van der Waals surface area contributed by atoms with E-state index < -0.39 is 11.1 Å². The summed E-state index contributed by atoms with van der Waals surface area (Å²) in [5.41, 5.74) is 1.04. The Bertz CT molecular complexity index is 1150. The number of amides is 3. The van der Waals surface area contributed by atoms with Crippen molar-refractivity contribution in [1.82, 2.24) is 9.80 Å². The molecule has 0 aliphatic carbocycles. The first-order valence-electron chi connectivity index (χ1n) is 11.2. The maximum atomic E-state index is 13.9. The van der Waals surface area contributed by atoms with E-state index in [9.17, 15) is 18.8 Å². The molecule has 0 unspecified atom stereocenters. The Labute approximate surface area is 206 Å². The first-order chi connectivity index (χ1) is 17.0. The van der Waals surface area contributed by atoms with E-state index >= 15 is 0 Å². The molecule has 0 saturated carbocycles. The van der Waals surface area contributed by atoms with Crippen LogP contribution in [0.4, 0.5) is 9.18 Å². The molecule has 0 spiro atoms. The van der Waals surface area contributed by atoms with Crippen LogP contribution in [0.15, 0.2) is 47.4 Å². The number of carbonyl (C=O) groups excluding carboxylic acids is 3. The molecule has 2 aromatic carbocycles. The molecule has 2 aliphatic rings. The van der Waals surface area contributed by atoms with Gasteiger partial charge in [-0.2, -0.15) is 0 Å². The van der Waals surface area contributed by atoms with Crippen LogP contribution in [0.25, 0.3) is 6.08 Å². The molecule has 2 fully saturated rings. The van der Waals surface area contributed by atoms with E-state index in [2.05, 4.69) is 0 Å². The molecule has 184 valence electrons. The number of rotatable bonds is 8. The van der Waals surface area contributed by atoms with Crippen molar-refractivity contribution in [1.29, 1.82) is 0 Å². The fraction of sp³-hybridized carbons (Fsp3) is 0.320. The number of hydrogen-bond donors (Lipinski definition) is 0. The lowest BCUT2D eigenvalue weighted by Gasteiger charge is -2.28. The Hall–Kier alpha value is -3.37. The molecule has 35 heavy (non-hydrogen) atoms. The number of benzene rings is 2. The Morgan fingerprint density at radius 3 is 2.63 bits per heavy atom. The second-order valence-electron chi connectivity index (χ2n) is 7.78. The fourth-order valence-electron chi connectivity index (χ4n) is 3.61. The number of ether oxygens (including phenoxy) is 3. The van der Waals surface area contributed by atoms with Crippen molar-refractivity contribution in [2.75, 3.05) is 39.5 Å². The van der Waals surface area contributed by atoms with E-state index in [0.717, 1.165) is 16.7 Å². The minimum atomic E-state index is -0.514. The average molecular weight is 501 g/mol. The Morgan fingerprint density at radius 2 is 1.89 bits per heavy atom. The monoisotopic (exact) mass is 500 g/mol. The zero-order valence-electron chi connectivity index (χ0n) is 19.2. The topological polar surface area (TPSA) is 85.4 Å². The van der Waals surface area contributed by atoms with Crippen molar-refractivity contribution in [3.05, 3.63) is 64.3 Å². The largest absolute Gasteiger partial charge is 0.490 e. The number of morpholine rings is 1. The molecule has 0 radical (unpaired) electrons. The number of hydrogen-bond acceptors (Lipinski definition) is 7. The van der Waals surface area contributed by atoms with Crippen LogP contribution in [0.1, 0.15) is 18.1 Å². The maximum absolute atomic E-state index is 13.9. The standard InChI is InChI=1S/C25H25FN2O6S/c1-2-33-21-13-17(7-8-20(21)34-16-18-5-3-4-6-19(18)26)14-22-24(30)28(25(31)35-22)15-23(29)27-9-11-32-12-10-27/h3-8,13-14H,2,9-12,15-16H2,1H3. The van der Waals surface area contributed by atoms with Crippen molar-refractivity contribution in [3.8, 4) is 11.5 Å². The SMILES string of the molecule is CCOc1cc(C=C2SC(=O)N(CC(=O)N3CCOCC3)C2=O)ccc1OCc1ccccc1F. The average Bonchev–Trinajstić information content (AvgIpc) is 3.12. The third kappa shape index (κ3) is 6.01. The molecule has 0 atom stereocenters. The molecule has 2 aromatic rings. The summed E-state index contributed by atoms with van der Waals surface area (Å²) < 4.78 is 30.6. The lowest BCUT2D eigenvalue weighted by Crippen LogP contribution is -2.46. The fourth-order valence-corrected chi connectivity index (χ4v) is 4.45. The third-order valence-electron chi connectivity index (χ3n) is 5.44. The van der Waals surface area contributed by atoms with E-state index in [-0.39, 0.29) is 29.8 Å². The Balaban J connectivity index is 1.46. The van der Waals surface area contributed by atoms with Gasteiger partial charge in [0.25, 0.3) is 11.1 Å². The van der Waals surface area contributed by atoms with Gasteiger partial charge >= 0.3 is 0 Å². The number of imide groups is 1. The van der Waals surface area contributed by atoms with Crippen molar-refractivity contribution in [2.24, 2.45) is 0 Å². The number of halogens is 1. The van der Waals surface area contributed by atoms with Gasteiger partial charge in [-0.3, -0.25) is 19.3 Å². The van der Waals surface area contributed by atoms with Crippen LogP contribution in [0.2, 0.25) is 0 Å². The highest BCUT2D eigenvalue weighted by molar-refractivity contribution is 8.18. The van der Waals surface area contributed by atoms with Crippen LogP contribution >= 0.6 is 11.8 Å². The lowest BCUT2D eigenvalue weighted by atomic mass is 10.1. The van der Waals surface area contributed by atoms with Crippen LogP contribution in [-0.4, -0.2) is 66.3 Å². The van der Waals surface area contributed by atoms with Gasteiger partial charge in [-0.1, -0.05) is 24.3 Å². The Kier molecular flexibility index (Phi) is 8.04. The minimum Gasteiger partial charge on any atom is -0.490 e. The van der Waals surface area contributed by atoms with E-state index in [1.807, 2.05) is 6.92 Å². The molecule has 3 amide bonds. The van der Waals surface area contributed by atoms with Crippen LogP contribution in [-0.2, 0) is 20.9 Å². The molecular formula is C25H25FN2O6S. The molecule has 0 aromatic heterocycles. The van der Waals surface area contributed by atoms with Crippen LogP contribution < -0.4 is 9.47 Å². The molecule has 10 heteroatoms. The predicted octanol–water partition coefficient (Wildman–Crippen LogP) is 3.70. The predicted molar refractivity (Wildman–Crippen MR) is 128 cm³/mol. The first-order valence-corrected chi connectivity index (χ1v) is 12.0. The minimum absolute atomic E-state index is 0.0299. The zero-order chi connectivity index (χ0) is 24.8. The van der Waals surface area contributed by atoms with E-state index in [0.29, 0.717) is 55.5 Å². The summed E-state index contributed by atoms with van der Waals surface area (Å²) in [5.74, 6) is -0.299. The summed E-state index contributed by atoms with van der Waals surface area (Å²) in [6.45, 7) is 3.69. The third-order valence-corrected chi connectivity index (χ3v) is 6.34. The van der Waals surface area contributed by atoms with E-state index in [4.69, 9.17) is 14.2 Å². The van der Waals surface area contributed by atoms with Crippen molar-refractivity contribution in [3.63, 3.8) is 0 Å². The van der Waals surface area contributed by atoms with Gasteiger partial charge < -0.3 is 19.1 Å². The van der Waals surface area contributed by atoms with Gasteiger partial charge in [-0.05, 0) is 48.5 Å². The summed E-state index contributed by atoms with van der Waals surface area (Å²) in [5, 5.41) is -0.488. The molecular weight excluding hydrogens is 475 g/mol. The molecule has 8 nitrogen and oxygen atoms in total. The van der Waals surface area contributed by atoms with Crippen molar-refractivity contribution in [2.45, 2.75) is 13.5 Å². The van der Waals surface area contributed by atoms with Crippen LogP contribution in [0.3, 0.4) is 0 Å². The quantitative estimate of drug-likeness (QED) is 0.511. The highest BCUT2D eigenvalue weighted by Crippen LogP contribution is 2.35. The highest BCUT2D eigenvalue weighted by Gasteiger charge is 2.37. The van der Waals surface area contributed by atoms with Crippen molar-refractivity contribution < 1.29 is 33.0 Å². The summed E-state index contributed by atoms with van der Waals surface area (Å²) in [7, 11) is 0. The highest BCUT2D eigenvalue weighted by atomic mass is 32.2.